The highest BCUT2D eigenvalue weighted by Crippen LogP contribution is 2.36. The van der Waals surface area contributed by atoms with Crippen LogP contribution in [0.2, 0.25) is 0 Å². The zero-order chi connectivity index (χ0) is 22.1. The van der Waals surface area contributed by atoms with Gasteiger partial charge in [0, 0.05) is 36.3 Å². The van der Waals surface area contributed by atoms with Gasteiger partial charge in [0.1, 0.15) is 30.7 Å². The molecule has 1 aliphatic heterocycles. The third-order valence-electron chi connectivity index (χ3n) is 5.47. The second kappa shape index (κ2) is 8.45. The van der Waals surface area contributed by atoms with Crippen molar-refractivity contribution < 1.29 is 22.7 Å². The molecular formula is C23H22F3N3O2. The number of nitrogens with zero attached hydrogens (tertiary/aromatic N) is 3. The molecule has 0 fully saturated rings. The first-order valence-corrected chi connectivity index (χ1v) is 10.0. The predicted molar refractivity (Wildman–Crippen MR) is 110 cm³/mol. The van der Waals surface area contributed by atoms with Crippen molar-refractivity contribution in [2.45, 2.75) is 19.4 Å². The summed E-state index contributed by atoms with van der Waals surface area (Å²) in [5, 5.41) is 4.56. The Hall–Kier alpha value is -3.29. The molecule has 0 bridgehead atoms. The fourth-order valence-electron chi connectivity index (χ4n) is 4.11. The number of carbonyl (C=O) groups excluding carboxylic acids is 1. The molecule has 0 spiro atoms. The zero-order valence-electron chi connectivity index (χ0n) is 17.2. The van der Waals surface area contributed by atoms with Crippen LogP contribution in [0.3, 0.4) is 0 Å². The standard InChI is InChI=1S/C23H22F3N3O2/c1-14-21-20(22(28(2)27-21)16-10-17(25)13-18(26)11-16)6-8-29(14)23(30)15-4-3-5-19(12-15)31-9-7-24/h3-5,10-14H,6-9H2,1-2H3/t14-/m0/s1. The van der Waals surface area contributed by atoms with Crippen LogP contribution < -0.4 is 4.74 Å². The van der Waals surface area contributed by atoms with Crippen LogP contribution in [0.4, 0.5) is 13.2 Å². The SMILES string of the molecule is C[C@H]1c2nn(C)c(-c3cc(F)cc(F)c3)c2CCN1C(=O)c1cccc(OCCF)c1. The number of aromatic nitrogens is 2. The number of halogens is 3. The number of amides is 1. The van der Waals surface area contributed by atoms with Gasteiger partial charge in [-0.05, 0) is 43.7 Å². The Labute approximate surface area is 178 Å². The van der Waals surface area contributed by atoms with E-state index in [1.807, 2.05) is 6.92 Å². The van der Waals surface area contributed by atoms with Crippen LogP contribution in [0.1, 0.15) is 34.6 Å². The first-order valence-electron chi connectivity index (χ1n) is 10.0. The van der Waals surface area contributed by atoms with E-state index in [1.165, 1.54) is 12.1 Å². The number of hydrogen-bond acceptors (Lipinski definition) is 3. The fraction of sp³-hybridized carbons (Fsp3) is 0.304. The lowest BCUT2D eigenvalue weighted by atomic mass is 9.95. The highest BCUT2D eigenvalue weighted by Gasteiger charge is 2.33. The van der Waals surface area contributed by atoms with Crippen molar-refractivity contribution in [1.82, 2.24) is 14.7 Å². The Morgan fingerprint density at radius 3 is 2.65 bits per heavy atom. The molecule has 1 aliphatic rings. The maximum Gasteiger partial charge on any atom is 0.254 e. The Bertz CT molecular complexity index is 1110. The Morgan fingerprint density at radius 1 is 1.19 bits per heavy atom. The number of benzene rings is 2. The quantitative estimate of drug-likeness (QED) is 0.601. The summed E-state index contributed by atoms with van der Waals surface area (Å²) in [5.41, 5.74) is 3.08. The first kappa shape index (κ1) is 21.0. The van der Waals surface area contributed by atoms with E-state index >= 15 is 0 Å². The first-order chi connectivity index (χ1) is 14.9. The summed E-state index contributed by atoms with van der Waals surface area (Å²) in [6.07, 6.45) is 0.505. The number of fused-ring (bicyclic) bond motifs is 1. The molecule has 1 amide bonds. The van der Waals surface area contributed by atoms with Crippen molar-refractivity contribution in [3.05, 3.63) is 70.9 Å². The summed E-state index contributed by atoms with van der Waals surface area (Å²) < 4.78 is 46.8. The van der Waals surface area contributed by atoms with E-state index < -0.39 is 18.3 Å². The van der Waals surface area contributed by atoms with Crippen molar-refractivity contribution in [3.8, 4) is 17.0 Å². The van der Waals surface area contributed by atoms with E-state index in [4.69, 9.17) is 4.74 Å². The normalized spacial score (nSPS) is 15.6. The molecule has 0 saturated carbocycles. The van der Waals surface area contributed by atoms with Crippen LogP contribution in [0.25, 0.3) is 11.3 Å². The topological polar surface area (TPSA) is 47.4 Å². The van der Waals surface area contributed by atoms with Gasteiger partial charge in [-0.2, -0.15) is 5.10 Å². The number of hydrogen-bond donors (Lipinski definition) is 0. The van der Waals surface area contributed by atoms with E-state index in [9.17, 15) is 18.0 Å². The monoisotopic (exact) mass is 429 g/mol. The number of alkyl halides is 1. The zero-order valence-corrected chi connectivity index (χ0v) is 17.2. The molecule has 5 nitrogen and oxygen atoms in total. The minimum Gasteiger partial charge on any atom is -0.491 e. The number of carbonyl (C=O) groups is 1. The molecule has 4 rings (SSSR count). The Balaban J connectivity index is 1.64. The molecule has 0 unspecified atom stereocenters. The second-order valence-corrected chi connectivity index (χ2v) is 7.48. The summed E-state index contributed by atoms with van der Waals surface area (Å²) >= 11 is 0. The molecule has 3 aromatic rings. The van der Waals surface area contributed by atoms with Crippen LogP contribution in [-0.2, 0) is 13.5 Å². The lowest BCUT2D eigenvalue weighted by molar-refractivity contribution is 0.0673. The molecule has 1 atom stereocenters. The van der Waals surface area contributed by atoms with E-state index in [1.54, 1.807) is 40.9 Å². The van der Waals surface area contributed by atoms with Crippen molar-refractivity contribution in [1.29, 1.82) is 0 Å². The van der Waals surface area contributed by atoms with Crippen LogP contribution in [0, 0.1) is 11.6 Å². The molecule has 0 radical (unpaired) electrons. The smallest absolute Gasteiger partial charge is 0.254 e. The van der Waals surface area contributed by atoms with Crippen molar-refractivity contribution in [3.63, 3.8) is 0 Å². The summed E-state index contributed by atoms with van der Waals surface area (Å²) in [6, 6.07) is 9.72. The highest BCUT2D eigenvalue weighted by atomic mass is 19.1. The predicted octanol–water partition coefficient (Wildman–Crippen LogP) is 4.47. The van der Waals surface area contributed by atoms with Crippen LogP contribution in [0.5, 0.6) is 5.75 Å². The van der Waals surface area contributed by atoms with Crippen molar-refractivity contribution in [2.24, 2.45) is 7.05 Å². The number of aryl methyl sites for hydroxylation is 1. The molecule has 8 heteroatoms. The van der Waals surface area contributed by atoms with Gasteiger partial charge in [0.15, 0.2) is 0 Å². The van der Waals surface area contributed by atoms with Gasteiger partial charge in [-0.25, -0.2) is 13.2 Å². The fourth-order valence-corrected chi connectivity index (χ4v) is 4.11. The molecular weight excluding hydrogens is 407 g/mol. The van der Waals surface area contributed by atoms with Crippen LogP contribution in [0.15, 0.2) is 42.5 Å². The lowest BCUT2D eigenvalue weighted by Gasteiger charge is -2.33. The Kier molecular flexibility index (Phi) is 5.71. The molecule has 1 aromatic heterocycles. The lowest BCUT2D eigenvalue weighted by Crippen LogP contribution is -2.38. The minimum atomic E-state index is -0.652. The summed E-state index contributed by atoms with van der Waals surface area (Å²) in [4.78, 5) is 14.9. The summed E-state index contributed by atoms with van der Waals surface area (Å²) in [6.45, 7) is 1.63. The van der Waals surface area contributed by atoms with Crippen LogP contribution in [-0.4, -0.2) is 40.4 Å². The van der Waals surface area contributed by atoms with Gasteiger partial charge in [-0.3, -0.25) is 9.48 Å². The average molecular weight is 429 g/mol. The maximum absolute atomic E-state index is 13.8. The Morgan fingerprint density at radius 2 is 1.94 bits per heavy atom. The van der Waals surface area contributed by atoms with Crippen molar-refractivity contribution >= 4 is 5.91 Å². The van der Waals surface area contributed by atoms with E-state index in [-0.39, 0.29) is 18.6 Å². The maximum atomic E-state index is 13.8. The summed E-state index contributed by atoms with van der Waals surface area (Å²) in [7, 11) is 1.72. The summed E-state index contributed by atoms with van der Waals surface area (Å²) in [5.74, 6) is -1.06. The average Bonchev–Trinajstić information content (AvgIpc) is 3.08. The molecule has 31 heavy (non-hydrogen) atoms. The van der Waals surface area contributed by atoms with Crippen LogP contribution >= 0.6 is 0 Å². The van der Waals surface area contributed by atoms with Gasteiger partial charge < -0.3 is 9.64 Å². The van der Waals surface area contributed by atoms with E-state index in [0.717, 1.165) is 11.6 Å². The van der Waals surface area contributed by atoms with Crippen molar-refractivity contribution in [2.75, 3.05) is 19.8 Å². The number of rotatable bonds is 5. The molecule has 162 valence electrons. The van der Waals surface area contributed by atoms with Gasteiger partial charge in [-0.1, -0.05) is 6.07 Å². The number of ether oxygens (including phenoxy) is 1. The van der Waals surface area contributed by atoms with Gasteiger partial charge in [-0.15, -0.1) is 0 Å². The van der Waals surface area contributed by atoms with Gasteiger partial charge in [0.25, 0.3) is 5.91 Å². The third kappa shape index (κ3) is 4.02. The molecule has 0 N–H and O–H groups in total. The van der Waals surface area contributed by atoms with E-state index in [0.29, 0.717) is 41.2 Å². The molecule has 2 heterocycles. The third-order valence-corrected chi connectivity index (χ3v) is 5.47. The minimum absolute atomic E-state index is 0.0709. The molecule has 0 saturated heterocycles. The molecule has 2 aromatic carbocycles. The van der Waals surface area contributed by atoms with E-state index in [2.05, 4.69) is 5.10 Å². The molecule has 0 aliphatic carbocycles. The largest absolute Gasteiger partial charge is 0.491 e. The van der Waals surface area contributed by atoms with Gasteiger partial charge >= 0.3 is 0 Å². The second-order valence-electron chi connectivity index (χ2n) is 7.48. The highest BCUT2D eigenvalue weighted by molar-refractivity contribution is 5.95. The van der Waals surface area contributed by atoms with Gasteiger partial charge in [0.05, 0.1) is 17.4 Å². The van der Waals surface area contributed by atoms with Gasteiger partial charge in [0.2, 0.25) is 0 Å².